The number of anilines is 2. The molecule has 7 nitrogen and oxygen atoms in total. The van der Waals surface area contributed by atoms with Crippen LogP contribution >= 0.6 is 15.9 Å². The van der Waals surface area contributed by atoms with Crippen LogP contribution in [0.15, 0.2) is 53.0 Å². The van der Waals surface area contributed by atoms with E-state index in [9.17, 15) is 18.0 Å². The molecule has 0 unspecified atom stereocenters. The molecule has 2 aliphatic heterocycles. The highest BCUT2D eigenvalue weighted by molar-refractivity contribution is 9.10. The Kier molecular flexibility index (Phi) is 5.00. The van der Waals surface area contributed by atoms with Crippen molar-refractivity contribution in [1.82, 2.24) is 9.78 Å². The first-order chi connectivity index (χ1) is 15.3. The number of halogens is 4. The Bertz CT molecular complexity index is 1180. The van der Waals surface area contributed by atoms with Crippen molar-refractivity contribution in [3.63, 3.8) is 0 Å². The van der Waals surface area contributed by atoms with Crippen molar-refractivity contribution in [2.75, 3.05) is 17.4 Å². The van der Waals surface area contributed by atoms with Crippen LogP contribution in [-0.2, 0) is 0 Å². The van der Waals surface area contributed by atoms with E-state index in [1.165, 1.54) is 6.07 Å². The number of aromatic nitrogens is 2. The highest BCUT2D eigenvalue weighted by Crippen LogP contribution is 2.45. The lowest BCUT2D eigenvalue weighted by molar-refractivity contribution is -0.173. The summed E-state index contributed by atoms with van der Waals surface area (Å²) >= 11 is 3.30. The Hall–Kier alpha value is -3.21. The summed E-state index contributed by atoms with van der Waals surface area (Å²) < 4.78 is 53.9. The molecule has 0 spiro atoms. The Labute approximate surface area is 188 Å². The quantitative estimate of drug-likeness (QED) is 0.502. The van der Waals surface area contributed by atoms with E-state index in [2.05, 4.69) is 31.7 Å². The second kappa shape index (κ2) is 7.73. The van der Waals surface area contributed by atoms with Gasteiger partial charge in [0.05, 0.1) is 6.04 Å². The standard InChI is InChI=1S/C21H16BrF3N4O3/c22-12-2-4-13(5-3-12)26-20(30)15-9-19-27-14(8-18(21(23,24)25)29(19)28-15)11-1-6-16-17(7-11)32-10-31-16/h1-7,9,14,18,27H,8,10H2,(H,26,30)/t14-,18-/m1/s1. The normalized spacial score (nSPS) is 19.2. The minimum absolute atomic E-state index is 0.0751. The number of nitrogens with zero attached hydrogens (tertiary/aromatic N) is 2. The lowest BCUT2D eigenvalue weighted by atomic mass is 9.96. The maximum Gasteiger partial charge on any atom is 0.410 e. The van der Waals surface area contributed by atoms with Gasteiger partial charge < -0.3 is 20.1 Å². The summed E-state index contributed by atoms with van der Waals surface area (Å²) in [6.07, 6.45) is -4.83. The van der Waals surface area contributed by atoms with Gasteiger partial charge in [0, 0.05) is 22.6 Å². The van der Waals surface area contributed by atoms with Crippen molar-refractivity contribution in [1.29, 1.82) is 0 Å². The van der Waals surface area contributed by atoms with E-state index in [0.717, 1.165) is 9.15 Å². The Morgan fingerprint density at radius 3 is 2.62 bits per heavy atom. The number of rotatable bonds is 3. The highest BCUT2D eigenvalue weighted by atomic mass is 79.9. The second-order valence-corrected chi connectivity index (χ2v) is 8.34. The molecule has 0 radical (unpaired) electrons. The average Bonchev–Trinajstić information content (AvgIpc) is 3.40. The van der Waals surface area contributed by atoms with Crippen LogP contribution in [0.2, 0.25) is 0 Å². The number of hydrogen-bond acceptors (Lipinski definition) is 5. The number of amides is 1. The SMILES string of the molecule is O=C(Nc1ccc(Br)cc1)c1cc2n(n1)[C@@H](C(F)(F)F)C[C@H](c1ccc3c(c1)OCO3)N2. The van der Waals surface area contributed by atoms with Crippen molar-refractivity contribution in [2.24, 2.45) is 0 Å². The molecule has 1 aromatic heterocycles. The van der Waals surface area contributed by atoms with Crippen LogP contribution in [0, 0.1) is 0 Å². The minimum Gasteiger partial charge on any atom is -0.454 e. The number of carbonyl (C=O) groups is 1. The summed E-state index contributed by atoms with van der Waals surface area (Å²) in [6, 6.07) is 10.7. The smallest absolute Gasteiger partial charge is 0.410 e. The predicted molar refractivity (Wildman–Crippen MR) is 113 cm³/mol. The van der Waals surface area contributed by atoms with Gasteiger partial charge in [-0.05, 0) is 42.0 Å². The van der Waals surface area contributed by atoms with Gasteiger partial charge in [-0.2, -0.15) is 18.3 Å². The molecule has 3 aromatic rings. The third-order valence-electron chi connectivity index (χ3n) is 5.32. The van der Waals surface area contributed by atoms with Gasteiger partial charge in [-0.15, -0.1) is 0 Å². The number of ether oxygens (including phenoxy) is 2. The zero-order chi connectivity index (χ0) is 22.5. The minimum atomic E-state index is -4.54. The predicted octanol–water partition coefficient (Wildman–Crippen LogP) is 5.29. The second-order valence-electron chi connectivity index (χ2n) is 7.42. The maximum absolute atomic E-state index is 13.9. The number of hydrogen-bond donors (Lipinski definition) is 2. The van der Waals surface area contributed by atoms with Gasteiger partial charge in [-0.1, -0.05) is 22.0 Å². The van der Waals surface area contributed by atoms with Crippen molar-refractivity contribution in [3.8, 4) is 11.5 Å². The summed E-state index contributed by atoms with van der Waals surface area (Å²) in [5.74, 6) is 0.550. The van der Waals surface area contributed by atoms with E-state index >= 15 is 0 Å². The fraction of sp³-hybridized carbons (Fsp3) is 0.238. The zero-order valence-corrected chi connectivity index (χ0v) is 17.9. The van der Waals surface area contributed by atoms with Crippen molar-refractivity contribution in [3.05, 3.63) is 64.3 Å². The van der Waals surface area contributed by atoms with Crippen molar-refractivity contribution in [2.45, 2.75) is 24.7 Å². The fourth-order valence-electron chi connectivity index (χ4n) is 3.76. The molecule has 166 valence electrons. The number of benzene rings is 2. The molecule has 3 heterocycles. The van der Waals surface area contributed by atoms with Gasteiger partial charge in [0.1, 0.15) is 5.82 Å². The van der Waals surface area contributed by atoms with Gasteiger partial charge in [0.2, 0.25) is 6.79 Å². The molecule has 1 amide bonds. The third kappa shape index (κ3) is 3.88. The van der Waals surface area contributed by atoms with Crippen LogP contribution in [0.5, 0.6) is 11.5 Å². The fourth-order valence-corrected chi connectivity index (χ4v) is 4.03. The first kappa shape index (κ1) is 20.7. The van der Waals surface area contributed by atoms with E-state index in [0.29, 0.717) is 22.7 Å². The summed E-state index contributed by atoms with van der Waals surface area (Å²) in [4.78, 5) is 12.6. The van der Waals surface area contributed by atoms with E-state index in [-0.39, 0.29) is 24.7 Å². The maximum atomic E-state index is 13.9. The molecular formula is C21H16BrF3N4O3. The highest BCUT2D eigenvalue weighted by Gasteiger charge is 2.47. The van der Waals surface area contributed by atoms with Crippen LogP contribution in [-0.4, -0.2) is 28.7 Å². The van der Waals surface area contributed by atoms with Crippen LogP contribution in [0.1, 0.15) is 34.6 Å². The largest absolute Gasteiger partial charge is 0.454 e. The first-order valence-electron chi connectivity index (χ1n) is 9.67. The summed E-state index contributed by atoms with van der Waals surface area (Å²) in [5, 5.41) is 9.68. The van der Waals surface area contributed by atoms with Crippen LogP contribution in [0.25, 0.3) is 0 Å². The summed E-state index contributed by atoms with van der Waals surface area (Å²) in [7, 11) is 0. The number of fused-ring (bicyclic) bond motifs is 2. The van der Waals surface area contributed by atoms with Gasteiger partial charge in [-0.3, -0.25) is 4.79 Å². The molecule has 0 fully saturated rings. The molecule has 2 aliphatic rings. The molecule has 2 N–H and O–H groups in total. The average molecular weight is 509 g/mol. The van der Waals surface area contributed by atoms with Gasteiger partial charge in [0.15, 0.2) is 23.2 Å². The van der Waals surface area contributed by atoms with Gasteiger partial charge in [-0.25, -0.2) is 4.68 Å². The van der Waals surface area contributed by atoms with E-state index < -0.39 is 24.2 Å². The molecule has 2 atom stereocenters. The van der Waals surface area contributed by atoms with Crippen LogP contribution < -0.4 is 20.1 Å². The topological polar surface area (TPSA) is 77.4 Å². The van der Waals surface area contributed by atoms with Crippen LogP contribution in [0.4, 0.5) is 24.7 Å². The molecule has 0 aliphatic carbocycles. The zero-order valence-electron chi connectivity index (χ0n) is 16.3. The van der Waals surface area contributed by atoms with E-state index in [1.807, 2.05) is 0 Å². The number of nitrogens with one attached hydrogen (secondary N) is 2. The number of carbonyl (C=O) groups excluding carboxylic acids is 1. The molecule has 0 bridgehead atoms. The van der Waals surface area contributed by atoms with Crippen molar-refractivity contribution >= 4 is 33.3 Å². The Balaban J connectivity index is 1.44. The summed E-state index contributed by atoms with van der Waals surface area (Å²) in [5.41, 5.74) is 1.01. The first-order valence-corrected chi connectivity index (χ1v) is 10.5. The number of alkyl halides is 3. The lowest BCUT2D eigenvalue weighted by Gasteiger charge is -2.33. The Morgan fingerprint density at radius 2 is 1.88 bits per heavy atom. The third-order valence-corrected chi connectivity index (χ3v) is 5.85. The monoisotopic (exact) mass is 508 g/mol. The molecule has 2 aromatic carbocycles. The molecule has 5 rings (SSSR count). The van der Waals surface area contributed by atoms with Crippen molar-refractivity contribution < 1.29 is 27.4 Å². The molecular weight excluding hydrogens is 493 g/mol. The van der Waals surface area contributed by atoms with E-state index in [4.69, 9.17) is 9.47 Å². The van der Waals surface area contributed by atoms with Gasteiger partial charge >= 0.3 is 6.18 Å². The molecule has 0 saturated heterocycles. The van der Waals surface area contributed by atoms with Crippen LogP contribution in [0.3, 0.4) is 0 Å². The molecule has 0 saturated carbocycles. The molecule has 32 heavy (non-hydrogen) atoms. The lowest BCUT2D eigenvalue weighted by Crippen LogP contribution is -2.35. The van der Waals surface area contributed by atoms with Gasteiger partial charge in [0.25, 0.3) is 5.91 Å². The van der Waals surface area contributed by atoms with E-state index in [1.54, 1.807) is 42.5 Å². The molecule has 11 heteroatoms. The summed E-state index contributed by atoms with van der Waals surface area (Å²) in [6.45, 7) is 0.0751. The Morgan fingerprint density at radius 1 is 1.12 bits per heavy atom.